The number of aryl methyl sites for hydroxylation is 2. The number of amides is 1. The van der Waals surface area contributed by atoms with Crippen molar-refractivity contribution in [1.82, 2.24) is 14.5 Å². The maximum absolute atomic E-state index is 13.3. The molecule has 0 aliphatic rings. The number of aromatic nitrogens is 2. The number of hydrogen-bond acceptors (Lipinski definition) is 4. The molecule has 34 heavy (non-hydrogen) atoms. The van der Waals surface area contributed by atoms with Gasteiger partial charge >= 0.3 is 0 Å². The normalized spacial score (nSPS) is 11.6. The van der Waals surface area contributed by atoms with Crippen molar-refractivity contribution in [3.63, 3.8) is 0 Å². The van der Waals surface area contributed by atoms with Crippen LogP contribution in [0.5, 0.6) is 0 Å². The van der Waals surface area contributed by atoms with E-state index < -0.39 is 9.84 Å². The smallest absolute Gasteiger partial charge is 0.254 e. The van der Waals surface area contributed by atoms with Crippen molar-refractivity contribution < 1.29 is 13.2 Å². The monoisotopic (exact) mass is 479 g/mol. The van der Waals surface area contributed by atoms with Crippen LogP contribution < -0.4 is 0 Å². The van der Waals surface area contributed by atoms with Gasteiger partial charge in [0.1, 0.15) is 0 Å². The summed E-state index contributed by atoms with van der Waals surface area (Å²) in [7, 11) is -3.68. The van der Waals surface area contributed by atoms with Crippen molar-refractivity contribution in [2.24, 2.45) is 5.92 Å². The highest BCUT2D eigenvalue weighted by atomic mass is 32.2. The molecule has 0 aliphatic carbocycles. The predicted octanol–water partition coefficient (Wildman–Crippen LogP) is 4.96. The van der Waals surface area contributed by atoms with Gasteiger partial charge in [-0.3, -0.25) is 4.79 Å². The van der Waals surface area contributed by atoms with Gasteiger partial charge in [0.15, 0.2) is 0 Å². The molecule has 0 N–H and O–H groups in total. The van der Waals surface area contributed by atoms with E-state index in [1.54, 1.807) is 33.9 Å². The summed E-state index contributed by atoms with van der Waals surface area (Å²) in [4.78, 5) is 19.2. The predicted molar refractivity (Wildman–Crippen MR) is 135 cm³/mol. The average Bonchev–Trinajstić information content (AvgIpc) is 3.15. The van der Waals surface area contributed by atoms with Crippen molar-refractivity contribution in [2.45, 2.75) is 51.7 Å². The van der Waals surface area contributed by atoms with E-state index in [1.807, 2.05) is 64.1 Å². The standard InChI is InChI=1S/C27H33N3O3S/c1-6-14-29(26(31)24-12-10-21(4)11-13-24)18-25-16-28-27(30(25)17-20(2)3)34(32,33)19-23-9-7-8-22(5)15-23/h6-13,15-16,20H,1,14,17-19H2,2-5H3. The Kier molecular flexibility index (Phi) is 8.10. The number of sulfone groups is 1. The minimum atomic E-state index is -3.68. The third-order valence-corrected chi connectivity index (χ3v) is 7.05. The van der Waals surface area contributed by atoms with Crippen LogP contribution >= 0.6 is 0 Å². The summed E-state index contributed by atoms with van der Waals surface area (Å²) in [5.74, 6) is -0.0649. The zero-order valence-corrected chi connectivity index (χ0v) is 21.2. The Bertz CT molecular complexity index is 1260. The van der Waals surface area contributed by atoms with Gasteiger partial charge in [-0.05, 0) is 37.5 Å². The van der Waals surface area contributed by atoms with Crippen LogP contribution in [0.25, 0.3) is 0 Å². The van der Waals surface area contributed by atoms with Crippen molar-refractivity contribution in [1.29, 1.82) is 0 Å². The number of benzene rings is 2. The van der Waals surface area contributed by atoms with Gasteiger partial charge in [-0.15, -0.1) is 6.58 Å². The number of imidazole rings is 1. The van der Waals surface area contributed by atoms with Crippen molar-refractivity contribution in [2.75, 3.05) is 6.54 Å². The molecule has 0 unspecified atom stereocenters. The van der Waals surface area contributed by atoms with Crippen LogP contribution in [0.3, 0.4) is 0 Å². The van der Waals surface area contributed by atoms with E-state index in [0.29, 0.717) is 24.3 Å². The third kappa shape index (κ3) is 6.23. The van der Waals surface area contributed by atoms with Crippen LogP contribution in [-0.4, -0.2) is 35.3 Å². The number of carbonyl (C=O) groups is 1. The van der Waals surface area contributed by atoms with E-state index in [9.17, 15) is 13.2 Å². The van der Waals surface area contributed by atoms with Gasteiger partial charge in [-0.25, -0.2) is 13.4 Å². The van der Waals surface area contributed by atoms with Gasteiger partial charge in [0, 0.05) is 18.7 Å². The highest BCUT2D eigenvalue weighted by Crippen LogP contribution is 2.21. The molecule has 0 saturated heterocycles. The molecule has 0 saturated carbocycles. The molecule has 3 rings (SSSR count). The second-order valence-electron chi connectivity index (χ2n) is 9.13. The number of hydrogen-bond donors (Lipinski definition) is 0. The molecule has 0 fully saturated rings. The summed E-state index contributed by atoms with van der Waals surface area (Å²) in [6.07, 6.45) is 3.24. The Morgan fingerprint density at radius 2 is 1.82 bits per heavy atom. The van der Waals surface area contributed by atoms with Crippen molar-refractivity contribution in [3.8, 4) is 0 Å². The average molecular weight is 480 g/mol. The van der Waals surface area contributed by atoms with Crippen molar-refractivity contribution >= 4 is 15.7 Å². The Morgan fingerprint density at radius 1 is 1.12 bits per heavy atom. The quantitative estimate of drug-likeness (QED) is 0.385. The van der Waals surface area contributed by atoms with Gasteiger partial charge in [0.25, 0.3) is 5.91 Å². The first kappa shape index (κ1) is 25.4. The van der Waals surface area contributed by atoms with Crippen LogP contribution in [-0.2, 0) is 28.7 Å². The molecule has 0 radical (unpaired) electrons. The largest absolute Gasteiger partial charge is 0.329 e. The fraction of sp³-hybridized carbons (Fsp3) is 0.333. The van der Waals surface area contributed by atoms with Crippen LogP contribution in [0.1, 0.15) is 46.6 Å². The Labute approximate surface area is 202 Å². The summed E-state index contributed by atoms with van der Waals surface area (Å²) in [6, 6.07) is 14.9. The molecule has 7 heteroatoms. The first-order chi connectivity index (χ1) is 16.1. The van der Waals surface area contributed by atoms with E-state index in [4.69, 9.17) is 0 Å². The summed E-state index contributed by atoms with van der Waals surface area (Å²) < 4.78 is 28.4. The molecule has 2 aromatic carbocycles. The van der Waals surface area contributed by atoms with E-state index in [0.717, 1.165) is 16.7 Å². The summed E-state index contributed by atoms with van der Waals surface area (Å²) in [6.45, 7) is 12.8. The molecule has 0 spiro atoms. The minimum Gasteiger partial charge on any atom is -0.329 e. The topological polar surface area (TPSA) is 72.3 Å². The summed E-state index contributed by atoms with van der Waals surface area (Å²) in [5.41, 5.74) is 4.07. The Morgan fingerprint density at radius 3 is 2.44 bits per heavy atom. The van der Waals surface area contributed by atoms with Crippen LogP contribution in [0.2, 0.25) is 0 Å². The lowest BCUT2D eigenvalue weighted by molar-refractivity contribution is 0.0758. The maximum Gasteiger partial charge on any atom is 0.254 e. The molecule has 1 aromatic heterocycles. The van der Waals surface area contributed by atoms with Gasteiger partial charge < -0.3 is 9.47 Å². The number of nitrogens with zero attached hydrogens (tertiary/aromatic N) is 3. The molecule has 0 aliphatic heterocycles. The van der Waals surface area contributed by atoms with Gasteiger partial charge in [-0.2, -0.15) is 0 Å². The number of carbonyl (C=O) groups excluding carboxylic acids is 1. The fourth-order valence-electron chi connectivity index (χ4n) is 3.86. The molecule has 0 atom stereocenters. The van der Waals surface area contributed by atoms with Crippen LogP contribution in [0, 0.1) is 19.8 Å². The first-order valence-electron chi connectivity index (χ1n) is 11.4. The zero-order chi connectivity index (χ0) is 24.9. The Hall–Kier alpha value is -3.19. The van der Waals surface area contributed by atoms with E-state index in [1.165, 1.54) is 0 Å². The lowest BCUT2D eigenvalue weighted by Gasteiger charge is -2.23. The van der Waals surface area contributed by atoms with Crippen molar-refractivity contribution in [3.05, 3.63) is 95.3 Å². The molecule has 3 aromatic rings. The fourth-order valence-corrected chi connectivity index (χ4v) is 5.35. The van der Waals surface area contributed by atoms with E-state index >= 15 is 0 Å². The summed E-state index contributed by atoms with van der Waals surface area (Å²) in [5, 5.41) is 0.0408. The SMILES string of the molecule is C=CCN(Cc1cnc(S(=O)(=O)Cc2cccc(C)c2)n1CC(C)C)C(=O)c1ccc(C)cc1. The lowest BCUT2D eigenvalue weighted by Crippen LogP contribution is -2.32. The molecular weight excluding hydrogens is 446 g/mol. The molecule has 1 heterocycles. The van der Waals surface area contributed by atoms with Crippen LogP contribution in [0.15, 0.2) is 72.5 Å². The summed E-state index contributed by atoms with van der Waals surface area (Å²) >= 11 is 0. The molecule has 6 nitrogen and oxygen atoms in total. The van der Waals surface area contributed by atoms with E-state index in [2.05, 4.69) is 11.6 Å². The number of rotatable bonds is 10. The lowest BCUT2D eigenvalue weighted by atomic mass is 10.1. The molecule has 1 amide bonds. The second kappa shape index (κ2) is 10.8. The molecule has 0 bridgehead atoms. The second-order valence-corrected chi connectivity index (χ2v) is 11.0. The first-order valence-corrected chi connectivity index (χ1v) is 13.1. The molecular formula is C27H33N3O3S. The molecule has 180 valence electrons. The van der Waals surface area contributed by atoms with Crippen LogP contribution in [0.4, 0.5) is 0 Å². The highest BCUT2D eigenvalue weighted by molar-refractivity contribution is 7.90. The maximum atomic E-state index is 13.3. The zero-order valence-electron chi connectivity index (χ0n) is 20.4. The van der Waals surface area contributed by atoms with E-state index in [-0.39, 0.29) is 29.3 Å². The Balaban J connectivity index is 1.95. The third-order valence-electron chi connectivity index (χ3n) is 5.45. The highest BCUT2D eigenvalue weighted by Gasteiger charge is 2.26. The van der Waals surface area contributed by atoms with Gasteiger partial charge in [-0.1, -0.05) is 67.4 Å². The van der Waals surface area contributed by atoms with Gasteiger partial charge in [0.2, 0.25) is 15.0 Å². The van der Waals surface area contributed by atoms with Gasteiger partial charge in [0.05, 0.1) is 24.2 Å². The minimum absolute atomic E-state index is 0.0408.